The van der Waals surface area contributed by atoms with E-state index in [1.54, 1.807) is 29.2 Å². The van der Waals surface area contributed by atoms with Crippen molar-refractivity contribution in [2.75, 3.05) is 6.54 Å². The van der Waals surface area contributed by atoms with Crippen molar-refractivity contribution in [2.24, 2.45) is 46.2 Å². The Bertz CT molecular complexity index is 1690. The smallest absolute Gasteiger partial charge is 0.316 e. The number of nitrogens with two attached hydrogens (primary N) is 1. The summed E-state index contributed by atoms with van der Waals surface area (Å²) in [6.07, 6.45) is 2.16. The van der Waals surface area contributed by atoms with E-state index in [0.717, 1.165) is 18.4 Å². The number of primary amides is 1. The highest BCUT2D eigenvalue weighted by atomic mass is 16.5. The number of ketones is 3. The fourth-order valence-electron chi connectivity index (χ4n) is 7.85. The third-order valence-electron chi connectivity index (χ3n) is 11.2. The van der Waals surface area contributed by atoms with Crippen LogP contribution in [0.25, 0.3) is 0 Å². The summed E-state index contributed by atoms with van der Waals surface area (Å²) < 4.78 is 6.04. The van der Waals surface area contributed by atoms with Crippen LogP contribution in [0.3, 0.4) is 0 Å². The highest BCUT2D eigenvalue weighted by Crippen LogP contribution is 2.65. The van der Waals surface area contributed by atoms with Crippen LogP contribution in [0.2, 0.25) is 0 Å². The molecule has 0 bridgehead atoms. The minimum atomic E-state index is -1.05. The molecular weight excluding hydrogens is 660 g/mol. The molecule has 3 fully saturated rings. The van der Waals surface area contributed by atoms with E-state index in [9.17, 15) is 28.8 Å². The van der Waals surface area contributed by atoms with Crippen molar-refractivity contribution in [1.29, 1.82) is 0 Å². The van der Waals surface area contributed by atoms with Gasteiger partial charge in [-0.2, -0.15) is 0 Å². The second-order valence-electron chi connectivity index (χ2n) is 16.9. The molecule has 11 nitrogen and oxygen atoms in total. The zero-order chi connectivity index (χ0) is 38.1. The van der Waals surface area contributed by atoms with E-state index >= 15 is 0 Å². The Hall–Kier alpha value is -4.54. The highest BCUT2D eigenvalue weighted by molar-refractivity contribution is 6.36. The topological polar surface area (TPSA) is 165 Å². The van der Waals surface area contributed by atoms with Crippen LogP contribution in [0, 0.1) is 40.4 Å². The largest absolute Gasteiger partial charge is 0.488 e. The van der Waals surface area contributed by atoms with Crippen LogP contribution in [-0.4, -0.2) is 64.8 Å². The predicted octanol–water partition coefficient (Wildman–Crippen LogP) is 5.10. The van der Waals surface area contributed by atoms with Gasteiger partial charge in [0.25, 0.3) is 5.91 Å². The predicted molar refractivity (Wildman–Crippen MR) is 196 cm³/mol. The number of hydrogen-bond donors (Lipinski definition) is 3. The second kappa shape index (κ2) is 15.2. The van der Waals surface area contributed by atoms with Gasteiger partial charge in [0.1, 0.15) is 18.4 Å². The number of ether oxygens (including phenoxy) is 1. The summed E-state index contributed by atoms with van der Waals surface area (Å²) in [7, 11) is 0. The minimum Gasteiger partial charge on any atom is -0.488 e. The van der Waals surface area contributed by atoms with Crippen LogP contribution in [0.1, 0.15) is 90.1 Å². The monoisotopic (exact) mass is 714 g/mol. The van der Waals surface area contributed by atoms with E-state index in [2.05, 4.69) is 24.5 Å². The average molecular weight is 715 g/mol. The molecule has 4 N–H and O–H groups in total. The molecule has 1 heterocycles. The summed E-state index contributed by atoms with van der Waals surface area (Å²) in [6.45, 7) is 13.9. The van der Waals surface area contributed by atoms with Crippen LogP contribution >= 0.6 is 0 Å². The van der Waals surface area contributed by atoms with Gasteiger partial charge in [0, 0.05) is 18.9 Å². The van der Waals surface area contributed by atoms with Crippen LogP contribution in [-0.2, 0) is 25.8 Å². The van der Waals surface area contributed by atoms with Crippen molar-refractivity contribution >= 4 is 35.2 Å². The Kier molecular flexibility index (Phi) is 11.3. The lowest BCUT2D eigenvalue weighted by Gasteiger charge is -2.38. The Labute approximate surface area is 306 Å². The van der Waals surface area contributed by atoms with Crippen LogP contribution in [0.15, 0.2) is 54.6 Å². The van der Waals surface area contributed by atoms with Gasteiger partial charge in [0.15, 0.2) is 11.6 Å². The molecule has 3 aliphatic rings. The lowest BCUT2D eigenvalue weighted by Crippen LogP contribution is -2.61. The standard InChI is InChI=1S/C41H54N4O7/c1-23(2)32(35(48)27-15-11-12-16-30(27)52-22-25-13-9-8-10-14-25)43-39(51)44-36(40(3,4)5)38(50)45-21-28-31(41(28,6)7)33(45)29(46)20-26(19-24-17-18-24)34(47)37(42)49/h8-16,23-24,26,28,31-33,36H,17-22H2,1-7H3,(H2,42,49)(H2,43,44,51)/t26?,28-,31-,32-,33+,36+/m0/s1. The normalized spacial score (nSPS) is 22.1. The summed E-state index contributed by atoms with van der Waals surface area (Å²) >= 11 is 0. The molecule has 0 aromatic heterocycles. The number of nitrogens with zero attached hydrogens (tertiary/aromatic N) is 1. The van der Waals surface area contributed by atoms with Crippen molar-refractivity contribution in [3.8, 4) is 5.75 Å². The van der Waals surface area contributed by atoms with Crippen LogP contribution in [0.4, 0.5) is 4.79 Å². The van der Waals surface area contributed by atoms with E-state index in [4.69, 9.17) is 10.5 Å². The molecule has 6 atom stereocenters. The lowest BCUT2D eigenvalue weighted by atomic mass is 9.84. The van der Waals surface area contributed by atoms with E-state index in [-0.39, 0.29) is 53.7 Å². The number of Topliss-reactive ketones (excluding diaryl/α,β-unsaturated/α-hetero) is 3. The molecule has 11 heteroatoms. The molecule has 4 amide bonds. The number of rotatable bonds is 16. The van der Waals surface area contributed by atoms with Gasteiger partial charge in [-0.3, -0.25) is 24.0 Å². The number of hydrogen-bond acceptors (Lipinski definition) is 7. The third kappa shape index (κ3) is 8.56. The molecule has 2 aromatic carbocycles. The highest BCUT2D eigenvalue weighted by Gasteiger charge is 2.69. The number of likely N-dealkylation sites (tertiary alicyclic amines) is 1. The maximum atomic E-state index is 14.5. The second-order valence-corrected chi connectivity index (χ2v) is 16.9. The fourth-order valence-corrected chi connectivity index (χ4v) is 7.85. The van der Waals surface area contributed by atoms with E-state index in [0.29, 0.717) is 24.3 Å². The van der Waals surface area contributed by atoms with Crippen molar-refractivity contribution in [1.82, 2.24) is 15.5 Å². The molecule has 1 unspecified atom stereocenters. The maximum absolute atomic E-state index is 14.5. The number of carbonyl (C=O) groups excluding carboxylic acids is 6. The number of fused-ring (bicyclic) bond motifs is 1. The number of nitrogens with one attached hydrogen (secondary N) is 2. The molecule has 0 radical (unpaired) electrons. The summed E-state index contributed by atoms with van der Waals surface area (Å²) in [4.78, 5) is 82.4. The Balaban J connectivity index is 1.31. The van der Waals surface area contributed by atoms with Gasteiger partial charge in [-0.25, -0.2) is 4.79 Å². The molecule has 2 saturated carbocycles. The number of amides is 4. The van der Waals surface area contributed by atoms with Gasteiger partial charge in [0.2, 0.25) is 11.7 Å². The first-order chi connectivity index (χ1) is 24.4. The summed E-state index contributed by atoms with van der Waals surface area (Å²) in [5.74, 6) is -3.23. The first kappa shape index (κ1) is 38.7. The SMILES string of the molecule is CC(C)[C@H](NC(=O)N[C@H](C(=O)N1C[C@H]2[C@@H]([C@H]1C(=O)CC(CC1CC1)C(=O)C(N)=O)C2(C)C)C(C)(C)C)C(=O)c1ccccc1OCc1ccccc1. The van der Waals surface area contributed by atoms with Gasteiger partial charge in [0.05, 0.1) is 17.6 Å². The van der Waals surface area contributed by atoms with Crippen molar-refractivity contribution < 1.29 is 33.5 Å². The first-order valence-electron chi connectivity index (χ1n) is 18.5. The zero-order valence-corrected chi connectivity index (χ0v) is 31.4. The van der Waals surface area contributed by atoms with Crippen LogP contribution < -0.4 is 21.1 Å². The maximum Gasteiger partial charge on any atom is 0.316 e. The molecule has 2 aromatic rings. The van der Waals surface area contributed by atoms with Crippen molar-refractivity contribution in [2.45, 2.75) is 98.9 Å². The van der Waals surface area contributed by atoms with Gasteiger partial charge in [-0.05, 0) is 58.6 Å². The van der Waals surface area contributed by atoms with Crippen molar-refractivity contribution in [3.05, 3.63) is 65.7 Å². The van der Waals surface area contributed by atoms with Gasteiger partial charge in [-0.1, -0.05) is 104 Å². The molecular formula is C41H54N4O7. The quantitative estimate of drug-likeness (QED) is 0.161. The summed E-state index contributed by atoms with van der Waals surface area (Å²) in [5.41, 5.74) is 5.69. The van der Waals surface area contributed by atoms with E-state index in [1.165, 1.54) is 0 Å². The van der Waals surface area contributed by atoms with Gasteiger partial charge >= 0.3 is 6.03 Å². The molecule has 2 aliphatic carbocycles. The fraction of sp³-hybridized carbons (Fsp3) is 0.561. The molecule has 280 valence electrons. The number of para-hydroxylation sites is 1. The van der Waals surface area contributed by atoms with E-state index in [1.807, 2.05) is 65.0 Å². The molecule has 52 heavy (non-hydrogen) atoms. The molecule has 5 rings (SSSR count). The zero-order valence-electron chi connectivity index (χ0n) is 31.4. The molecule has 1 saturated heterocycles. The number of urea groups is 1. The number of piperidine rings is 1. The van der Waals surface area contributed by atoms with E-state index < -0.39 is 53.1 Å². The Morgan fingerprint density at radius 1 is 0.942 bits per heavy atom. The Morgan fingerprint density at radius 3 is 2.17 bits per heavy atom. The lowest BCUT2D eigenvalue weighted by molar-refractivity contribution is -0.144. The summed E-state index contributed by atoms with van der Waals surface area (Å²) in [5, 5.41) is 5.68. The third-order valence-corrected chi connectivity index (χ3v) is 11.2. The summed E-state index contributed by atoms with van der Waals surface area (Å²) in [6, 6.07) is 13.1. The van der Waals surface area contributed by atoms with Crippen molar-refractivity contribution in [3.63, 3.8) is 0 Å². The number of benzene rings is 2. The van der Waals surface area contributed by atoms with Gasteiger partial charge < -0.3 is 26.0 Å². The Morgan fingerprint density at radius 2 is 1.58 bits per heavy atom. The van der Waals surface area contributed by atoms with Gasteiger partial charge in [-0.15, -0.1) is 0 Å². The average Bonchev–Trinajstić information content (AvgIpc) is 3.94. The first-order valence-corrected chi connectivity index (χ1v) is 18.5. The minimum absolute atomic E-state index is 0.0840. The molecule has 0 spiro atoms. The number of carbonyl (C=O) groups is 6. The molecule has 1 aliphatic heterocycles. The van der Waals surface area contributed by atoms with Crippen LogP contribution in [0.5, 0.6) is 5.75 Å².